The molecule has 0 aliphatic carbocycles. The Morgan fingerprint density at radius 3 is 2.61 bits per heavy atom. The van der Waals surface area contributed by atoms with Gasteiger partial charge in [-0.3, -0.25) is 4.79 Å². The lowest BCUT2D eigenvalue weighted by molar-refractivity contribution is 1.05. The molecule has 2 N–H and O–H groups in total. The van der Waals surface area contributed by atoms with Crippen molar-refractivity contribution < 1.29 is 0 Å². The third-order valence-corrected chi connectivity index (χ3v) is 3.48. The van der Waals surface area contributed by atoms with E-state index in [9.17, 15) is 4.79 Å². The van der Waals surface area contributed by atoms with Crippen molar-refractivity contribution in [3.05, 3.63) is 56.5 Å². The molecule has 1 heterocycles. The molecule has 0 aliphatic heterocycles. The Bertz CT molecular complexity index is 583. The van der Waals surface area contributed by atoms with Crippen LogP contribution < -0.4 is 10.9 Å². The van der Waals surface area contributed by atoms with Crippen LogP contribution in [0.1, 0.15) is 11.1 Å². The van der Waals surface area contributed by atoms with Gasteiger partial charge in [0.05, 0.1) is 6.33 Å². The summed E-state index contributed by atoms with van der Waals surface area (Å²) in [6.45, 7) is 0.595. The normalized spacial score (nSPS) is 10.3. The van der Waals surface area contributed by atoms with Crippen LogP contribution in [0.4, 0.5) is 5.82 Å². The van der Waals surface area contributed by atoms with Gasteiger partial charge in [0.1, 0.15) is 10.3 Å². The molecule has 1 aromatic carbocycles. The van der Waals surface area contributed by atoms with E-state index in [1.54, 1.807) is 0 Å². The van der Waals surface area contributed by atoms with Crippen molar-refractivity contribution in [1.82, 2.24) is 9.97 Å². The molecule has 0 amide bonds. The Labute approximate surface area is 118 Å². The fraction of sp³-hybridized carbons (Fsp3) is 0.167. The first-order valence-electron chi connectivity index (χ1n) is 5.31. The van der Waals surface area contributed by atoms with Crippen LogP contribution in [0.3, 0.4) is 0 Å². The van der Waals surface area contributed by atoms with E-state index in [0.29, 0.717) is 22.7 Å². The van der Waals surface area contributed by atoms with Crippen molar-refractivity contribution in [3.63, 3.8) is 0 Å². The molecule has 0 atom stereocenters. The van der Waals surface area contributed by atoms with Gasteiger partial charge in [0.25, 0.3) is 5.56 Å². The zero-order chi connectivity index (χ0) is 13.0. The minimum absolute atomic E-state index is 0.204. The Hall–Kier alpha value is -1.33. The maximum Gasteiger partial charge on any atom is 0.267 e. The number of halogens is 2. The van der Waals surface area contributed by atoms with E-state index in [4.69, 9.17) is 11.6 Å². The highest BCUT2D eigenvalue weighted by molar-refractivity contribution is 9.10. The van der Waals surface area contributed by atoms with Crippen molar-refractivity contribution in [2.24, 2.45) is 0 Å². The number of hydrogen-bond donors (Lipinski definition) is 2. The van der Waals surface area contributed by atoms with Crippen LogP contribution in [-0.4, -0.2) is 9.97 Å². The van der Waals surface area contributed by atoms with E-state index < -0.39 is 0 Å². The molecule has 6 heteroatoms. The molecule has 2 aromatic rings. The zero-order valence-electron chi connectivity index (χ0n) is 9.41. The van der Waals surface area contributed by atoms with Crippen molar-refractivity contribution in [2.45, 2.75) is 12.4 Å². The van der Waals surface area contributed by atoms with E-state index >= 15 is 0 Å². The van der Waals surface area contributed by atoms with Gasteiger partial charge in [-0.15, -0.1) is 11.6 Å². The third kappa shape index (κ3) is 3.11. The van der Waals surface area contributed by atoms with Gasteiger partial charge >= 0.3 is 0 Å². The molecule has 0 saturated heterocycles. The molecule has 18 heavy (non-hydrogen) atoms. The molecular formula is C12H11BrClN3O. The molecule has 0 unspecified atom stereocenters. The van der Waals surface area contributed by atoms with Gasteiger partial charge in [0, 0.05) is 12.4 Å². The number of aromatic amines is 1. The summed E-state index contributed by atoms with van der Waals surface area (Å²) in [7, 11) is 0. The maximum absolute atomic E-state index is 11.3. The highest BCUT2D eigenvalue weighted by Gasteiger charge is 2.04. The standard InChI is InChI=1S/C12H11BrClN3O/c13-10-11(16-7-17-12(10)18)15-6-9-3-1-8(5-14)2-4-9/h1-4,7H,5-6H2,(H2,15,16,17,18). The SMILES string of the molecule is O=c1[nH]cnc(NCc2ccc(CCl)cc2)c1Br. The molecule has 1 aromatic heterocycles. The number of alkyl halides is 1. The number of rotatable bonds is 4. The molecule has 94 valence electrons. The van der Waals surface area contributed by atoms with Gasteiger partial charge in [-0.1, -0.05) is 24.3 Å². The number of H-pyrrole nitrogens is 1. The molecule has 0 radical (unpaired) electrons. The second-order valence-electron chi connectivity index (χ2n) is 3.70. The first-order valence-corrected chi connectivity index (χ1v) is 6.64. The van der Waals surface area contributed by atoms with E-state index in [0.717, 1.165) is 11.1 Å². The van der Waals surface area contributed by atoms with E-state index in [1.807, 2.05) is 24.3 Å². The minimum Gasteiger partial charge on any atom is -0.365 e. The fourth-order valence-electron chi connectivity index (χ4n) is 1.44. The molecular weight excluding hydrogens is 318 g/mol. The monoisotopic (exact) mass is 327 g/mol. The predicted octanol–water partition coefficient (Wildman–Crippen LogP) is 2.88. The van der Waals surface area contributed by atoms with Crippen LogP contribution >= 0.6 is 27.5 Å². The number of benzene rings is 1. The summed E-state index contributed by atoms with van der Waals surface area (Å²) in [4.78, 5) is 17.9. The third-order valence-electron chi connectivity index (χ3n) is 2.43. The first-order chi connectivity index (χ1) is 8.70. The minimum atomic E-state index is -0.204. The Morgan fingerprint density at radius 2 is 1.94 bits per heavy atom. The fourth-order valence-corrected chi connectivity index (χ4v) is 1.97. The lowest BCUT2D eigenvalue weighted by Crippen LogP contribution is -2.12. The average Bonchev–Trinajstić information content (AvgIpc) is 2.41. The number of anilines is 1. The predicted molar refractivity (Wildman–Crippen MR) is 75.9 cm³/mol. The summed E-state index contributed by atoms with van der Waals surface area (Å²) in [6, 6.07) is 7.94. The number of nitrogens with one attached hydrogen (secondary N) is 2. The van der Waals surface area contributed by atoms with Crippen molar-refractivity contribution in [2.75, 3.05) is 5.32 Å². The van der Waals surface area contributed by atoms with E-state index in [1.165, 1.54) is 6.33 Å². The largest absolute Gasteiger partial charge is 0.365 e. The Kier molecular flexibility index (Phi) is 4.38. The molecule has 2 rings (SSSR count). The smallest absolute Gasteiger partial charge is 0.267 e. The Balaban J connectivity index is 2.06. The van der Waals surface area contributed by atoms with Crippen LogP contribution in [-0.2, 0) is 12.4 Å². The molecule has 0 spiro atoms. The summed E-state index contributed by atoms with van der Waals surface area (Å²) in [6.07, 6.45) is 1.37. The van der Waals surface area contributed by atoms with Crippen LogP contribution in [0.5, 0.6) is 0 Å². The van der Waals surface area contributed by atoms with E-state index in [-0.39, 0.29) is 5.56 Å². The summed E-state index contributed by atoms with van der Waals surface area (Å²) < 4.78 is 0.405. The van der Waals surface area contributed by atoms with Crippen molar-refractivity contribution >= 4 is 33.3 Å². The number of hydrogen-bond acceptors (Lipinski definition) is 3. The number of aromatic nitrogens is 2. The second-order valence-corrected chi connectivity index (χ2v) is 4.76. The molecule has 0 saturated carbocycles. The molecule has 4 nitrogen and oxygen atoms in total. The molecule has 0 bridgehead atoms. The highest BCUT2D eigenvalue weighted by Crippen LogP contribution is 2.15. The van der Waals surface area contributed by atoms with Gasteiger partial charge in [0.2, 0.25) is 0 Å². The van der Waals surface area contributed by atoms with Crippen molar-refractivity contribution in [1.29, 1.82) is 0 Å². The summed E-state index contributed by atoms with van der Waals surface area (Å²) in [5.41, 5.74) is 1.97. The molecule has 0 fully saturated rings. The zero-order valence-corrected chi connectivity index (χ0v) is 11.8. The van der Waals surface area contributed by atoms with Crippen LogP contribution in [0.25, 0.3) is 0 Å². The van der Waals surface area contributed by atoms with Crippen LogP contribution in [0.15, 0.2) is 39.9 Å². The summed E-state index contributed by atoms with van der Waals surface area (Å²) in [5.74, 6) is 1.04. The summed E-state index contributed by atoms with van der Waals surface area (Å²) >= 11 is 8.91. The first kappa shape index (κ1) is 13.1. The van der Waals surface area contributed by atoms with Gasteiger partial charge in [-0.05, 0) is 27.1 Å². The lowest BCUT2D eigenvalue weighted by atomic mass is 10.1. The quantitative estimate of drug-likeness (QED) is 0.849. The van der Waals surface area contributed by atoms with Crippen LogP contribution in [0, 0.1) is 0 Å². The number of nitrogens with zero attached hydrogens (tertiary/aromatic N) is 1. The van der Waals surface area contributed by atoms with Crippen molar-refractivity contribution in [3.8, 4) is 0 Å². The molecule has 0 aliphatic rings. The van der Waals surface area contributed by atoms with E-state index in [2.05, 4.69) is 31.2 Å². The topological polar surface area (TPSA) is 57.8 Å². The highest BCUT2D eigenvalue weighted by atomic mass is 79.9. The van der Waals surface area contributed by atoms with Gasteiger partial charge in [-0.2, -0.15) is 0 Å². The maximum atomic E-state index is 11.3. The second kappa shape index (κ2) is 6.02. The van der Waals surface area contributed by atoms with Gasteiger partial charge < -0.3 is 10.3 Å². The summed E-state index contributed by atoms with van der Waals surface area (Å²) in [5, 5.41) is 3.10. The van der Waals surface area contributed by atoms with Gasteiger partial charge in [-0.25, -0.2) is 4.98 Å². The van der Waals surface area contributed by atoms with Gasteiger partial charge in [0.15, 0.2) is 0 Å². The Morgan fingerprint density at radius 1 is 1.28 bits per heavy atom. The average molecular weight is 329 g/mol. The van der Waals surface area contributed by atoms with Crippen LogP contribution in [0.2, 0.25) is 0 Å². The lowest BCUT2D eigenvalue weighted by Gasteiger charge is -2.07.